The number of carbonyl (C=O) groups excluding carboxylic acids is 1. The molecule has 10 heteroatoms. The third-order valence-electron chi connectivity index (χ3n) is 5.21. The van der Waals surface area contributed by atoms with Crippen molar-refractivity contribution in [3.05, 3.63) is 60.9 Å². The number of nitrogens with zero attached hydrogens (tertiary/aromatic N) is 4. The van der Waals surface area contributed by atoms with Gasteiger partial charge in [0.05, 0.1) is 35.5 Å². The highest BCUT2D eigenvalue weighted by Gasteiger charge is 2.29. The largest absolute Gasteiger partial charge is 0.474 e. The van der Waals surface area contributed by atoms with E-state index >= 15 is 0 Å². The number of carbonyl (C=O) groups is 1. The number of hydrogen-bond acceptors (Lipinski definition) is 7. The van der Waals surface area contributed by atoms with Crippen molar-refractivity contribution in [1.82, 2.24) is 19.2 Å². The highest BCUT2D eigenvalue weighted by Crippen LogP contribution is 2.21. The SMILES string of the molecule is CN(CC(=O)N1CCOC(COc2ncnc3ccccc23)C1)S(=O)(=O)c1ccccc1. The van der Waals surface area contributed by atoms with Gasteiger partial charge in [0.25, 0.3) is 0 Å². The van der Waals surface area contributed by atoms with Crippen LogP contribution in [0.15, 0.2) is 65.8 Å². The minimum absolute atomic E-state index is 0.153. The zero-order valence-electron chi connectivity index (χ0n) is 17.6. The molecule has 0 spiro atoms. The molecule has 1 amide bonds. The summed E-state index contributed by atoms with van der Waals surface area (Å²) in [6.45, 7) is 1.01. The summed E-state index contributed by atoms with van der Waals surface area (Å²) in [6, 6.07) is 15.6. The van der Waals surface area contributed by atoms with Gasteiger partial charge in [0.1, 0.15) is 19.0 Å². The molecule has 2 heterocycles. The molecule has 3 aromatic rings. The fourth-order valence-corrected chi connectivity index (χ4v) is 4.60. The molecule has 1 aliphatic rings. The Balaban J connectivity index is 1.35. The summed E-state index contributed by atoms with van der Waals surface area (Å²) in [7, 11) is -2.33. The van der Waals surface area contributed by atoms with Crippen molar-refractivity contribution in [2.45, 2.75) is 11.0 Å². The van der Waals surface area contributed by atoms with E-state index in [1.54, 1.807) is 23.1 Å². The number of likely N-dealkylation sites (N-methyl/N-ethyl adjacent to an activating group) is 1. The van der Waals surface area contributed by atoms with E-state index in [0.717, 1.165) is 15.2 Å². The fourth-order valence-electron chi connectivity index (χ4n) is 3.46. The Morgan fingerprint density at radius 2 is 1.91 bits per heavy atom. The summed E-state index contributed by atoms with van der Waals surface area (Å²) in [5, 5.41) is 0.798. The fraction of sp³-hybridized carbons (Fsp3) is 0.318. The van der Waals surface area contributed by atoms with Crippen LogP contribution < -0.4 is 4.74 Å². The first-order valence-corrected chi connectivity index (χ1v) is 11.6. The molecule has 0 N–H and O–H groups in total. The molecule has 4 rings (SSSR count). The molecule has 0 radical (unpaired) electrons. The number of rotatable bonds is 7. The van der Waals surface area contributed by atoms with Crippen LogP contribution in [-0.4, -0.2) is 79.5 Å². The molecule has 32 heavy (non-hydrogen) atoms. The first-order valence-electron chi connectivity index (χ1n) is 10.2. The minimum Gasteiger partial charge on any atom is -0.474 e. The maximum absolute atomic E-state index is 12.8. The number of ether oxygens (including phenoxy) is 2. The Hall–Kier alpha value is -3.08. The second-order valence-corrected chi connectivity index (χ2v) is 9.46. The number of benzene rings is 2. The Morgan fingerprint density at radius 1 is 1.16 bits per heavy atom. The van der Waals surface area contributed by atoms with E-state index in [-0.39, 0.29) is 30.1 Å². The summed E-state index contributed by atoms with van der Waals surface area (Å²) in [6.07, 6.45) is 1.09. The van der Waals surface area contributed by atoms with E-state index in [2.05, 4.69) is 9.97 Å². The molecule has 0 saturated carbocycles. The maximum atomic E-state index is 12.8. The van der Waals surface area contributed by atoms with Crippen LogP contribution in [0.2, 0.25) is 0 Å². The quantitative estimate of drug-likeness (QED) is 0.532. The van der Waals surface area contributed by atoms with Crippen LogP contribution in [0.1, 0.15) is 0 Å². The lowest BCUT2D eigenvalue weighted by Crippen LogP contribution is -2.50. The molecule has 1 aliphatic heterocycles. The number of fused-ring (bicyclic) bond motifs is 1. The lowest BCUT2D eigenvalue weighted by atomic mass is 10.2. The van der Waals surface area contributed by atoms with Gasteiger partial charge in [-0.2, -0.15) is 4.31 Å². The Morgan fingerprint density at radius 3 is 2.72 bits per heavy atom. The van der Waals surface area contributed by atoms with Crippen LogP contribution in [0.4, 0.5) is 0 Å². The van der Waals surface area contributed by atoms with Crippen LogP contribution in [0.3, 0.4) is 0 Å². The van der Waals surface area contributed by atoms with E-state index < -0.39 is 10.0 Å². The number of morpholine rings is 1. The van der Waals surface area contributed by atoms with Crippen LogP contribution in [0.5, 0.6) is 5.88 Å². The van der Waals surface area contributed by atoms with Crippen molar-refractivity contribution in [2.75, 3.05) is 39.9 Å². The summed E-state index contributed by atoms with van der Waals surface area (Å²) in [5.74, 6) is 0.170. The van der Waals surface area contributed by atoms with Gasteiger partial charge in [-0.05, 0) is 24.3 Å². The van der Waals surface area contributed by atoms with Gasteiger partial charge in [0.15, 0.2) is 0 Å². The van der Waals surface area contributed by atoms with E-state index in [4.69, 9.17) is 9.47 Å². The second-order valence-electron chi connectivity index (χ2n) is 7.41. The summed E-state index contributed by atoms with van der Waals surface area (Å²) in [4.78, 5) is 23.0. The van der Waals surface area contributed by atoms with Gasteiger partial charge in [0.2, 0.25) is 21.8 Å². The smallest absolute Gasteiger partial charge is 0.243 e. The van der Waals surface area contributed by atoms with Gasteiger partial charge >= 0.3 is 0 Å². The van der Waals surface area contributed by atoms with Crippen molar-refractivity contribution in [3.8, 4) is 5.88 Å². The van der Waals surface area contributed by atoms with Gasteiger partial charge in [-0.3, -0.25) is 4.79 Å². The molecule has 1 atom stereocenters. The van der Waals surface area contributed by atoms with Crippen molar-refractivity contribution in [2.24, 2.45) is 0 Å². The molecule has 2 aromatic carbocycles. The second kappa shape index (κ2) is 9.60. The normalized spacial score (nSPS) is 16.9. The molecule has 9 nitrogen and oxygen atoms in total. The van der Waals surface area contributed by atoms with Gasteiger partial charge in [-0.25, -0.2) is 18.4 Å². The van der Waals surface area contributed by atoms with E-state index in [9.17, 15) is 13.2 Å². The molecule has 1 unspecified atom stereocenters. The monoisotopic (exact) mass is 456 g/mol. The molecule has 1 saturated heterocycles. The van der Waals surface area contributed by atoms with Gasteiger partial charge in [-0.15, -0.1) is 0 Å². The summed E-state index contributed by atoms with van der Waals surface area (Å²) in [5.41, 5.74) is 0.779. The lowest BCUT2D eigenvalue weighted by Gasteiger charge is -2.33. The molecule has 1 aromatic heterocycles. The average molecular weight is 457 g/mol. The molecule has 0 aliphatic carbocycles. The number of aromatic nitrogens is 2. The number of hydrogen-bond donors (Lipinski definition) is 0. The topological polar surface area (TPSA) is 102 Å². The lowest BCUT2D eigenvalue weighted by molar-refractivity contribution is -0.139. The molecular formula is C22H24N4O5S. The van der Waals surface area contributed by atoms with E-state index in [1.807, 2.05) is 24.3 Å². The zero-order chi connectivity index (χ0) is 22.6. The molecule has 0 bridgehead atoms. The third kappa shape index (κ3) is 4.87. The van der Waals surface area contributed by atoms with Gasteiger partial charge in [0, 0.05) is 13.6 Å². The first kappa shape index (κ1) is 22.1. The Labute approximate surface area is 186 Å². The number of sulfonamides is 1. The standard InChI is InChI=1S/C22H24N4O5S/c1-25(32(28,29)18-7-3-2-4-8-18)14-21(27)26-11-12-30-17(13-26)15-31-22-19-9-5-6-10-20(19)23-16-24-22/h2-10,16-17H,11-15H2,1H3. The van der Waals surface area contributed by atoms with Crippen molar-refractivity contribution in [3.63, 3.8) is 0 Å². The number of amides is 1. The highest BCUT2D eigenvalue weighted by atomic mass is 32.2. The van der Waals surface area contributed by atoms with Gasteiger partial charge in [-0.1, -0.05) is 30.3 Å². The van der Waals surface area contributed by atoms with E-state index in [0.29, 0.717) is 25.6 Å². The third-order valence-corrected chi connectivity index (χ3v) is 7.03. The van der Waals surface area contributed by atoms with E-state index in [1.165, 1.54) is 25.5 Å². The summed E-state index contributed by atoms with van der Waals surface area (Å²) >= 11 is 0. The van der Waals surface area contributed by atoms with Crippen molar-refractivity contribution in [1.29, 1.82) is 0 Å². The average Bonchev–Trinajstić information content (AvgIpc) is 2.83. The Kier molecular flexibility index (Phi) is 6.63. The summed E-state index contributed by atoms with van der Waals surface area (Å²) < 4.78 is 38.0. The van der Waals surface area contributed by atoms with Crippen molar-refractivity contribution < 1.29 is 22.7 Å². The number of para-hydroxylation sites is 1. The molecular weight excluding hydrogens is 432 g/mol. The predicted octanol–water partition coefficient (Wildman–Crippen LogP) is 1.56. The van der Waals surface area contributed by atoms with Crippen LogP contribution in [0.25, 0.3) is 10.9 Å². The van der Waals surface area contributed by atoms with Gasteiger partial charge < -0.3 is 14.4 Å². The molecule has 1 fully saturated rings. The first-order chi connectivity index (χ1) is 15.4. The van der Waals surface area contributed by atoms with Crippen LogP contribution in [-0.2, 0) is 19.6 Å². The Bertz CT molecular complexity index is 1180. The predicted molar refractivity (Wildman–Crippen MR) is 118 cm³/mol. The maximum Gasteiger partial charge on any atom is 0.243 e. The highest BCUT2D eigenvalue weighted by molar-refractivity contribution is 7.89. The van der Waals surface area contributed by atoms with Crippen molar-refractivity contribution >= 4 is 26.8 Å². The minimum atomic E-state index is -3.74. The molecule has 168 valence electrons. The zero-order valence-corrected chi connectivity index (χ0v) is 18.4. The van der Waals surface area contributed by atoms with Crippen LogP contribution >= 0.6 is 0 Å². The van der Waals surface area contributed by atoms with Crippen LogP contribution in [0, 0.1) is 0 Å².